The molecule has 0 radical (unpaired) electrons. The minimum absolute atomic E-state index is 0.140. The van der Waals surface area contributed by atoms with Gasteiger partial charge in [0.05, 0.1) is 18.0 Å². The highest BCUT2D eigenvalue weighted by Gasteiger charge is 2.21. The molecule has 1 N–H and O–H groups in total. The normalized spacial score (nSPS) is 11.3. The van der Waals surface area contributed by atoms with Gasteiger partial charge >= 0.3 is 0 Å². The number of amides is 1. The van der Waals surface area contributed by atoms with Crippen molar-refractivity contribution in [3.8, 4) is 11.4 Å². The summed E-state index contributed by atoms with van der Waals surface area (Å²) >= 11 is 3.45. The van der Waals surface area contributed by atoms with Crippen molar-refractivity contribution in [3.05, 3.63) is 70.3 Å². The summed E-state index contributed by atoms with van der Waals surface area (Å²) in [6, 6.07) is 16.8. The van der Waals surface area contributed by atoms with Crippen molar-refractivity contribution in [1.29, 1.82) is 0 Å². The molecule has 1 amide bonds. The number of nitrogens with one attached hydrogen (secondary N) is 1. The summed E-state index contributed by atoms with van der Waals surface area (Å²) in [5.41, 5.74) is 2.20. The Labute approximate surface area is 173 Å². The topological polar surface area (TPSA) is 56.1 Å². The van der Waals surface area contributed by atoms with Crippen molar-refractivity contribution in [2.45, 2.75) is 33.1 Å². The summed E-state index contributed by atoms with van der Waals surface area (Å²) in [5.74, 6) is 1.18. The van der Waals surface area contributed by atoms with Gasteiger partial charge in [0, 0.05) is 21.5 Å². The molecule has 146 valence electrons. The second kappa shape index (κ2) is 8.19. The van der Waals surface area contributed by atoms with E-state index >= 15 is 0 Å². The van der Waals surface area contributed by atoms with E-state index in [1.165, 1.54) is 0 Å². The quantitative estimate of drug-likeness (QED) is 0.561. The molecule has 3 aromatic rings. The molecule has 2 aromatic carbocycles. The van der Waals surface area contributed by atoms with Gasteiger partial charge in [0.15, 0.2) is 0 Å². The summed E-state index contributed by atoms with van der Waals surface area (Å²) < 4.78 is 8.19. The van der Waals surface area contributed by atoms with Gasteiger partial charge in [0.2, 0.25) is 0 Å². The monoisotopic (exact) mass is 441 g/mol. The Morgan fingerprint density at radius 2 is 1.75 bits per heavy atom. The Hall–Kier alpha value is -2.60. The fourth-order valence-corrected chi connectivity index (χ4v) is 2.94. The Balaban J connectivity index is 1.92. The molecule has 0 spiro atoms. The molecule has 0 fully saturated rings. The molecule has 0 aliphatic heterocycles. The van der Waals surface area contributed by atoms with Crippen LogP contribution in [0.4, 0.5) is 5.82 Å². The molecule has 0 bridgehead atoms. The van der Waals surface area contributed by atoms with E-state index in [0.717, 1.165) is 21.6 Å². The van der Waals surface area contributed by atoms with E-state index in [0.29, 0.717) is 18.0 Å². The summed E-state index contributed by atoms with van der Waals surface area (Å²) in [5, 5.41) is 7.73. The summed E-state index contributed by atoms with van der Waals surface area (Å²) in [7, 11) is 0. The number of halogens is 1. The highest BCUT2D eigenvalue weighted by molar-refractivity contribution is 9.10. The number of nitrogens with zero attached hydrogens (tertiary/aromatic N) is 2. The molecule has 6 heteroatoms. The maximum Gasteiger partial charge on any atom is 0.256 e. The van der Waals surface area contributed by atoms with Crippen LogP contribution in [0.25, 0.3) is 5.69 Å². The number of benzene rings is 2. The first-order chi connectivity index (χ1) is 13.3. The van der Waals surface area contributed by atoms with Gasteiger partial charge in [-0.1, -0.05) is 36.7 Å². The molecule has 0 saturated carbocycles. The van der Waals surface area contributed by atoms with Gasteiger partial charge in [-0.2, -0.15) is 5.10 Å². The lowest BCUT2D eigenvalue weighted by Gasteiger charge is -2.14. The first-order valence-electron chi connectivity index (χ1n) is 9.18. The zero-order chi connectivity index (χ0) is 20.3. The predicted molar refractivity (Wildman–Crippen MR) is 116 cm³/mol. The number of carbonyl (C=O) groups is 1. The molecule has 5 nitrogen and oxygen atoms in total. The molecule has 28 heavy (non-hydrogen) atoms. The predicted octanol–water partition coefficient (Wildman–Crippen LogP) is 5.58. The lowest BCUT2D eigenvalue weighted by Crippen LogP contribution is -2.15. The molecule has 1 heterocycles. The van der Waals surface area contributed by atoms with Crippen molar-refractivity contribution in [1.82, 2.24) is 9.78 Å². The van der Waals surface area contributed by atoms with E-state index in [-0.39, 0.29) is 11.3 Å². The van der Waals surface area contributed by atoms with Gasteiger partial charge in [-0.3, -0.25) is 4.79 Å². The molecule has 0 unspecified atom stereocenters. The van der Waals surface area contributed by atoms with Crippen molar-refractivity contribution < 1.29 is 9.53 Å². The molecule has 0 aliphatic rings. The lowest BCUT2D eigenvalue weighted by molar-refractivity contribution is 0.102. The molecule has 1 aromatic heterocycles. The summed E-state index contributed by atoms with van der Waals surface area (Å²) in [6.07, 6.45) is 0. The van der Waals surface area contributed by atoms with Crippen LogP contribution in [0.1, 0.15) is 43.7 Å². The highest BCUT2D eigenvalue weighted by atomic mass is 79.9. The number of aromatic nitrogens is 2. The van der Waals surface area contributed by atoms with Crippen LogP contribution in [-0.4, -0.2) is 22.3 Å². The number of anilines is 1. The number of hydrogen-bond acceptors (Lipinski definition) is 3. The standard InChI is InChI=1S/C22H24BrN3O2/c1-5-28-18-12-6-15(7-13-18)21(27)24-20-14-19(22(2,3)4)25-26(20)17-10-8-16(23)9-11-17/h6-14H,5H2,1-4H3,(H,24,27). The SMILES string of the molecule is CCOc1ccc(C(=O)Nc2cc(C(C)(C)C)nn2-c2ccc(Br)cc2)cc1. The van der Waals surface area contributed by atoms with Gasteiger partial charge < -0.3 is 10.1 Å². The third-order valence-corrected chi connectivity index (χ3v) is 4.75. The van der Waals surface area contributed by atoms with E-state index in [4.69, 9.17) is 9.84 Å². The number of carbonyl (C=O) groups excluding carboxylic acids is 1. The molecule has 0 atom stereocenters. The zero-order valence-electron chi connectivity index (χ0n) is 16.5. The smallest absolute Gasteiger partial charge is 0.256 e. The zero-order valence-corrected chi connectivity index (χ0v) is 18.1. The minimum atomic E-state index is -0.193. The first kappa shape index (κ1) is 20.1. The Morgan fingerprint density at radius 3 is 2.32 bits per heavy atom. The van der Waals surface area contributed by atoms with E-state index in [9.17, 15) is 4.79 Å². The van der Waals surface area contributed by atoms with Gasteiger partial charge in [-0.05, 0) is 55.5 Å². The third kappa shape index (κ3) is 4.62. The first-order valence-corrected chi connectivity index (χ1v) is 9.98. The molecule has 0 saturated heterocycles. The van der Waals surface area contributed by atoms with Gasteiger partial charge in [-0.15, -0.1) is 0 Å². The van der Waals surface area contributed by atoms with Crippen LogP contribution in [-0.2, 0) is 5.41 Å². The second-order valence-electron chi connectivity index (χ2n) is 7.46. The Bertz CT molecular complexity index is 955. The van der Waals surface area contributed by atoms with Crippen LogP contribution in [0, 0.1) is 0 Å². The van der Waals surface area contributed by atoms with E-state index in [1.807, 2.05) is 37.3 Å². The van der Waals surface area contributed by atoms with E-state index < -0.39 is 0 Å². The van der Waals surface area contributed by atoms with Crippen LogP contribution >= 0.6 is 15.9 Å². The average Bonchev–Trinajstić information content (AvgIpc) is 3.07. The van der Waals surface area contributed by atoms with Gasteiger partial charge in [0.25, 0.3) is 5.91 Å². The van der Waals surface area contributed by atoms with Crippen LogP contribution < -0.4 is 10.1 Å². The second-order valence-corrected chi connectivity index (χ2v) is 8.38. The lowest BCUT2D eigenvalue weighted by atomic mass is 9.92. The molecular formula is C22H24BrN3O2. The van der Waals surface area contributed by atoms with E-state index in [1.54, 1.807) is 28.9 Å². The molecular weight excluding hydrogens is 418 g/mol. The third-order valence-electron chi connectivity index (χ3n) is 4.22. The minimum Gasteiger partial charge on any atom is -0.494 e. The Morgan fingerprint density at radius 1 is 1.11 bits per heavy atom. The number of ether oxygens (including phenoxy) is 1. The summed E-state index contributed by atoms with van der Waals surface area (Å²) in [6.45, 7) is 8.81. The van der Waals surface area contributed by atoms with Crippen molar-refractivity contribution >= 4 is 27.7 Å². The molecule has 0 aliphatic carbocycles. The summed E-state index contributed by atoms with van der Waals surface area (Å²) in [4.78, 5) is 12.8. The van der Waals surface area contributed by atoms with Crippen molar-refractivity contribution in [2.75, 3.05) is 11.9 Å². The maximum atomic E-state index is 12.8. The largest absolute Gasteiger partial charge is 0.494 e. The van der Waals surface area contributed by atoms with Crippen molar-refractivity contribution in [3.63, 3.8) is 0 Å². The maximum absolute atomic E-state index is 12.8. The van der Waals surface area contributed by atoms with Crippen molar-refractivity contribution in [2.24, 2.45) is 0 Å². The average molecular weight is 442 g/mol. The van der Waals surface area contributed by atoms with Crippen LogP contribution in [0.2, 0.25) is 0 Å². The van der Waals surface area contributed by atoms with E-state index in [2.05, 4.69) is 42.0 Å². The molecule has 3 rings (SSSR count). The number of rotatable bonds is 5. The van der Waals surface area contributed by atoms with Gasteiger partial charge in [-0.25, -0.2) is 4.68 Å². The number of hydrogen-bond donors (Lipinski definition) is 1. The van der Waals surface area contributed by atoms with Crippen LogP contribution in [0.5, 0.6) is 5.75 Å². The van der Waals surface area contributed by atoms with Gasteiger partial charge in [0.1, 0.15) is 11.6 Å². The van der Waals surface area contributed by atoms with Crippen LogP contribution in [0.15, 0.2) is 59.1 Å². The fourth-order valence-electron chi connectivity index (χ4n) is 2.67. The Kier molecular flexibility index (Phi) is 5.89. The highest BCUT2D eigenvalue weighted by Crippen LogP contribution is 2.27. The van der Waals surface area contributed by atoms with Crippen LogP contribution in [0.3, 0.4) is 0 Å². The fraction of sp³-hybridized carbons (Fsp3) is 0.273.